The van der Waals surface area contributed by atoms with Gasteiger partial charge in [0.25, 0.3) is 5.91 Å². The Kier molecular flexibility index (Phi) is 6.43. The molecule has 35 heavy (non-hydrogen) atoms. The van der Waals surface area contributed by atoms with Crippen molar-refractivity contribution in [3.8, 4) is 0 Å². The van der Waals surface area contributed by atoms with Crippen molar-refractivity contribution in [3.63, 3.8) is 0 Å². The van der Waals surface area contributed by atoms with Crippen molar-refractivity contribution in [2.24, 2.45) is 0 Å². The van der Waals surface area contributed by atoms with Gasteiger partial charge < -0.3 is 9.80 Å². The van der Waals surface area contributed by atoms with E-state index in [-0.39, 0.29) is 11.5 Å². The minimum absolute atomic E-state index is 0.243. The van der Waals surface area contributed by atoms with Gasteiger partial charge in [-0.25, -0.2) is 9.97 Å². The summed E-state index contributed by atoms with van der Waals surface area (Å²) in [5, 5.41) is 1.15. The minimum Gasteiger partial charge on any atom is -0.352 e. The van der Waals surface area contributed by atoms with Crippen molar-refractivity contribution in [2.45, 2.75) is 39.4 Å². The van der Waals surface area contributed by atoms with Crippen molar-refractivity contribution in [3.05, 3.63) is 51.7 Å². The molecule has 0 atom stereocenters. The quantitative estimate of drug-likeness (QED) is 0.521. The molecule has 2 aromatic heterocycles. The zero-order chi connectivity index (χ0) is 24.7. The summed E-state index contributed by atoms with van der Waals surface area (Å²) in [7, 11) is 0. The second-order valence-corrected chi connectivity index (χ2v) is 10.1. The van der Waals surface area contributed by atoms with E-state index in [1.54, 1.807) is 16.2 Å². The van der Waals surface area contributed by atoms with Crippen LogP contribution >= 0.6 is 11.3 Å². The van der Waals surface area contributed by atoms with Crippen molar-refractivity contribution < 1.29 is 18.0 Å². The van der Waals surface area contributed by atoms with E-state index in [0.717, 1.165) is 66.5 Å². The van der Waals surface area contributed by atoms with Crippen molar-refractivity contribution >= 4 is 33.3 Å². The van der Waals surface area contributed by atoms with Crippen LogP contribution in [0, 0.1) is 0 Å². The number of carbonyl (C=O) groups excluding carboxylic acids is 1. The average molecular weight is 504 g/mol. The number of benzene rings is 1. The van der Waals surface area contributed by atoms with Crippen LogP contribution in [-0.2, 0) is 25.6 Å². The molecule has 0 aliphatic carbocycles. The maximum atomic E-state index is 12.9. The minimum atomic E-state index is -4.41. The fourth-order valence-electron chi connectivity index (χ4n) is 4.83. The van der Waals surface area contributed by atoms with Crippen LogP contribution in [0.5, 0.6) is 0 Å². The number of carbonyl (C=O) groups is 1. The SMILES string of the molecule is CCc1nc(N2CCN(C(=O)c3ccc(C(F)(F)F)cc3)CC2)c2c3c(sc2n1)CN(CC)CC3. The molecule has 1 amide bonds. The van der Waals surface area contributed by atoms with E-state index in [0.29, 0.717) is 26.2 Å². The van der Waals surface area contributed by atoms with Crippen LogP contribution in [0.25, 0.3) is 10.2 Å². The summed E-state index contributed by atoms with van der Waals surface area (Å²) >= 11 is 1.77. The highest BCUT2D eigenvalue weighted by Crippen LogP contribution is 2.39. The number of aromatic nitrogens is 2. The highest BCUT2D eigenvalue weighted by atomic mass is 32.1. The van der Waals surface area contributed by atoms with Crippen LogP contribution in [0.1, 0.15) is 46.0 Å². The van der Waals surface area contributed by atoms with Gasteiger partial charge in [0.05, 0.1) is 10.9 Å². The first-order valence-electron chi connectivity index (χ1n) is 12.0. The second-order valence-electron chi connectivity index (χ2n) is 8.97. The lowest BCUT2D eigenvalue weighted by Crippen LogP contribution is -2.49. The number of hydrogen-bond donors (Lipinski definition) is 0. The van der Waals surface area contributed by atoms with Crippen molar-refractivity contribution in [1.82, 2.24) is 19.8 Å². The molecular formula is C25H28F3N5OS. The number of likely N-dealkylation sites (N-methyl/N-ethyl adjacent to an activating group) is 1. The molecule has 0 unspecified atom stereocenters. The summed E-state index contributed by atoms with van der Waals surface area (Å²) in [6.07, 6.45) is -2.68. The fraction of sp³-hybridized carbons (Fsp3) is 0.480. The summed E-state index contributed by atoms with van der Waals surface area (Å²) in [5.74, 6) is 1.53. The lowest BCUT2D eigenvalue weighted by molar-refractivity contribution is -0.137. The molecule has 2 aliphatic rings. The molecule has 2 aliphatic heterocycles. The van der Waals surface area contributed by atoms with Crippen LogP contribution < -0.4 is 4.90 Å². The molecule has 0 spiro atoms. The molecule has 0 saturated carbocycles. The maximum absolute atomic E-state index is 12.9. The number of anilines is 1. The van der Waals surface area contributed by atoms with Gasteiger partial charge in [0.1, 0.15) is 16.5 Å². The Hall–Kier alpha value is -2.72. The topological polar surface area (TPSA) is 52.6 Å². The molecule has 0 N–H and O–H groups in total. The van der Waals surface area contributed by atoms with Gasteiger partial charge in [-0.15, -0.1) is 11.3 Å². The monoisotopic (exact) mass is 503 g/mol. The number of nitrogens with zero attached hydrogens (tertiary/aromatic N) is 5. The average Bonchev–Trinajstić information content (AvgIpc) is 3.24. The van der Waals surface area contributed by atoms with Crippen LogP contribution in [0.15, 0.2) is 24.3 Å². The predicted molar refractivity (Wildman–Crippen MR) is 131 cm³/mol. The zero-order valence-corrected chi connectivity index (χ0v) is 20.7. The molecular weight excluding hydrogens is 475 g/mol. The molecule has 4 heterocycles. The van der Waals surface area contributed by atoms with Gasteiger partial charge in [-0.1, -0.05) is 13.8 Å². The van der Waals surface area contributed by atoms with E-state index >= 15 is 0 Å². The number of halogens is 3. The van der Waals surface area contributed by atoms with E-state index in [1.807, 2.05) is 0 Å². The van der Waals surface area contributed by atoms with Gasteiger partial charge in [-0.2, -0.15) is 13.2 Å². The standard InChI is InChI=1S/C25H28F3N5OS/c1-3-20-29-22(21-18-9-10-31(4-2)15-19(18)35-23(21)30-20)32-11-13-33(14-12-32)24(34)16-5-7-17(8-6-16)25(26,27)28/h5-8H,3-4,9-15H2,1-2H3. The van der Waals surface area contributed by atoms with E-state index < -0.39 is 11.7 Å². The highest BCUT2D eigenvalue weighted by Gasteiger charge is 2.31. The number of amides is 1. The van der Waals surface area contributed by atoms with E-state index in [2.05, 4.69) is 23.6 Å². The van der Waals surface area contributed by atoms with Gasteiger partial charge in [0.2, 0.25) is 0 Å². The normalized spacial score (nSPS) is 17.2. The molecule has 0 bridgehead atoms. The Morgan fingerprint density at radius 3 is 2.37 bits per heavy atom. The first-order chi connectivity index (χ1) is 16.8. The van der Waals surface area contributed by atoms with Crippen molar-refractivity contribution in [2.75, 3.05) is 44.2 Å². The molecule has 186 valence electrons. The van der Waals surface area contributed by atoms with Crippen LogP contribution in [0.3, 0.4) is 0 Å². The van der Waals surface area contributed by atoms with Crippen LogP contribution in [-0.4, -0.2) is 64.9 Å². The second kappa shape index (κ2) is 9.39. The maximum Gasteiger partial charge on any atom is 0.416 e. The number of alkyl halides is 3. The summed E-state index contributed by atoms with van der Waals surface area (Å²) in [4.78, 5) is 31.5. The summed E-state index contributed by atoms with van der Waals surface area (Å²) < 4.78 is 38.6. The van der Waals surface area contributed by atoms with Gasteiger partial charge >= 0.3 is 6.18 Å². The third kappa shape index (κ3) is 4.61. The van der Waals surface area contributed by atoms with E-state index in [4.69, 9.17) is 9.97 Å². The first-order valence-corrected chi connectivity index (χ1v) is 12.8. The van der Waals surface area contributed by atoms with Gasteiger partial charge in [-0.05, 0) is 42.8 Å². The molecule has 6 nitrogen and oxygen atoms in total. The number of rotatable bonds is 4. The lowest BCUT2D eigenvalue weighted by atomic mass is 10.0. The van der Waals surface area contributed by atoms with Gasteiger partial charge in [-0.3, -0.25) is 9.69 Å². The Morgan fingerprint density at radius 1 is 1.03 bits per heavy atom. The highest BCUT2D eigenvalue weighted by molar-refractivity contribution is 7.19. The molecule has 1 fully saturated rings. The van der Waals surface area contributed by atoms with E-state index in [1.165, 1.54) is 22.6 Å². The Balaban J connectivity index is 1.36. The predicted octanol–water partition coefficient (Wildman–Crippen LogP) is 4.61. The molecule has 10 heteroatoms. The summed E-state index contributed by atoms with van der Waals surface area (Å²) in [6, 6.07) is 4.45. The third-order valence-corrected chi connectivity index (χ3v) is 8.01. The zero-order valence-electron chi connectivity index (χ0n) is 19.9. The molecule has 1 saturated heterocycles. The molecule has 3 aromatic rings. The first kappa shape index (κ1) is 24.0. The molecule has 0 radical (unpaired) electrons. The number of fused-ring (bicyclic) bond motifs is 3. The van der Waals surface area contributed by atoms with Gasteiger partial charge in [0, 0.05) is 56.1 Å². The lowest BCUT2D eigenvalue weighted by Gasteiger charge is -2.36. The van der Waals surface area contributed by atoms with Crippen LogP contribution in [0.4, 0.5) is 19.0 Å². The molecule has 1 aromatic carbocycles. The summed E-state index contributed by atoms with van der Waals surface area (Å²) in [5.41, 5.74) is 0.881. The third-order valence-electron chi connectivity index (χ3n) is 6.90. The Labute approximate surface area is 206 Å². The van der Waals surface area contributed by atoms with Crippen molar-refractivity contribution in [1.29, 1.82) is 0 Å². The fourth-order valence-corrected chi connectivity index (χ4v) is 6.11. The Morgan fingerprint density at radius 2 is 1.74 bits per heavy atom. The van der Waals surface area contributed by atoms with Gasteiger partial charge in [0.15, 0.2) is 0 Å². The number of hydrogen-bond acceptors (Lipinski definition) is 6. The number of aryl methyl sites for hydroxylation is 1. The van der Waals surface area contributed by atoms with E-state index in [9.17, 15) is 18.0 Å². The largest absolute Gasteiger partial charge is 0.416 e. The smallest absolute Gasteiger partial charge is 0.352 e. The van der Waals surface area contributed by atoms with Crippen LogP contribution in [0.2, 0.25) is 0 Å². The number of thiophene rings is 1. The Bertz CT molecular complexity index is 1230. The summed E-state index contributed by atoms with van der Waals surface area (Å²) in [6.45, 7) is 9.46. The number of piperazine rings is 1. The molecule has 5 rings (SSSR count).